The zero-order chi connectivity index (χ0) is 18.8. The summed E-state index contributed by atoms with van der Waals surface area (Å²) < 4.78 is 10.8. The molecule has 140 valence electrons. The van der Waals surface area contributed by atoms with Crippen molar-refractivity contribution in [1.82, 2.24) is 0 Å². The largest absolute Gasteiger partial charge is 0.507 e. The van der Waals surface area contributed by atoms with Crippen molar-refractivity contribution < 1.29 is 19.4 Å². The van der Waals surface area contributed by atoms with Crippen LogP contribution >= 0.6 is 0 Å². The van der Waals surface area contributed by atoms with E-state index < -0.39 is 0 Å². The second-order valence-electron chi connectivity index (χ2n) is 6.35. The number of hydrogen-bond donors (Lipinski definition) is 1. The summed E-state index contributed by atoms with van der Waals surface area (Å²) in [6.07, 6.45) is 7.20. The van der Waals surface area contributed by atoms with Gasteiger partial charge in [-0.05, 0) is 42.8 Å². The van der Waals surface area contributed by atoms with Gasteiger partial charge in [-0.2, -0.15) is 0 Å². The first kappa shape index (κ1) is 19.8. The van der Waals surface area contributed by atoms with Crippen LogP contribution in [0.2, 0.25) is 0 Å². The van der Waals surface area contributed by atoms with Crippen molar-refractivity contribution in [3.63, 3.8) is 0 Å². The molecule has 2 aromatic carbocycles. The standard InChI is InChI=1S/C22H28O4/c1-3-4-5-6-7-8-15-26-19-13-14-20(21(23)16-19)22(24)17-9-11-18(25-2)12-10-17/h9-14,16,23H,3-8,15H2,1-2H3. The Labute approximate surface area is 155 Å². The number of methoxy groups -OCH3 is 1. The van der Waals surface area contributed by atoms with Gasteiger partial charge in [-0.15, -0.1) is 0 Å². The van der Waals surface area contributed by atoms with Gasteiger partial charge in [0.05, 0.1) is 19.3 Å². The van der Waals surface area contributed by atoms with Gasteiger partial charge in [0.25, 0.3) is 0 Å². The van der Waals surface area contributed by atoms with E-state index in [0.717, 1.165) is 12.8 Å². The lowest BCUT2D eigenvalue weighted by atomic mass is 10.0. The van der Waals surface area contributed by atoms with Crippen molar-refractivity contribution in [2.45, 2.75) is 45.4 Å². The van der Waals surface area contributed by atoms with Gasteiger partial charge in [0.2, 0.25) is 0 Å². The summed E-state index contributed by atoms with van der Waals surface area (Å²) in [5.74, 6) is 0.977. The summed E-state index contributed by atoms with van der Waals surface area (Å²) in [5.41, 5.74) is 0.768. The molecule has 2 aromatic rings. The monoisotopic (exact) mass is 356 g/mol. The number of ether oxygens (including phenoxy) is 2. The molecule has 2 rings (SSSR count). The molecule has 0 aromatic heterocycles. The average molecular weight is 356 g/mol. The van der Waals surface area contributed by atoms with E-state index in [9.17, 15) is 9.90 Å². The Morgan fingerprint density at radius 2 is 1.58 bits per heavy atom. The third-order valence-corrected chi connectivity index (χ3v) is 4.33. The molecule has 4 nitrogen and oxygen atoms in total. The fourth-order valence-electron chi connectivity index (χ4n) is 2.76. The summed E-state index contributed by atoms with van der Waals surface area (Å²) in [6.45, 7) is 2.83. The van der Waals surface area contributed by atoms with Crippen LogP contribution in [0.15, 0.2) is 42.5 Å². The van der Waals surface area contributed by atoms with Crippen molar-refractivity contribution in [3.05, 3.63) is 53.6 Å². The van der Waals surface area contributed by atoms with E-state index in [2.05, 4.69) is 6.92 Å². The van der Waals surface area contributed by atoms with E-state index in [0.29, 0.717) is 23.7 Å². The van der Waals surface area contributed by atoms with Gasteiger partial charge in [-0.25, -0.2) is 0 Å². The SMILES string of the molecule is CCCCCCCCOc1ccc(C(=O)c2ccc(OC)cc2)c(O)c1. The van der Waals surface area contributed by atoms with Crippen LogP contribution in [0, 0.1) is 0 Å². The number of rotatable bonds is 11. The van der Waals surface area contributed by atoms with E-state index in [4.69, 9.17) is 9.47 Å². The van der Waals surface area contributed by atoms with Gasteiger partial charge in [-0.3, -0.25) is 4.79 Å². The average Bonchev–Trinajstić information content (AvgIpc) is 2.67. The Hall–Kier alpha value is -2.49. The summed E-state index contributed by atoms with van der Waals surface area (Å²) in [4.78, 5) is 12.5. The molecule has 1 N–H and O–H groups in total. The normalized spacial score (nSPS) is 10.5. The zero-order valence-electron chi connectivity index (χ0n) is 15.7. The van der Waals surface area contributed by atoms with E-state index in [1.807, 2.05) is 0 Å². The van der Waals surface area contributed by atoms with Crippen LogP contribution in [-0.4, -0.2) is 24.6 Å². The molecule has 0 aliphatic carbocycles. The molecule has 0 atom stereocenters. The molecule has 0 saturated carbocycles. The zero-order valence-corrected chi connectivity index (χ0v) is 15.7. The first-order valence-electron chi connectivity index (χ1n) is 9.30. The number of carbonyl (C=O) groups excluding carboxylic acids is 1. The first-order chi connectivity index (χ1) is 12.7. The topological polar surface area (TPSA) is 55.8 Å². The highest BCUT2D eigenvalue weighted by atomic mass is 16.5. The number of ketones is 1. The first-order valence-corrected chi connectivity index (χ1v) is 9.30. The van der Waals surface area contributed by atoms with Crippen molar-refractivity contribution >= 4 is 5.78 Å². The third-order valence-electron chi connectivity index (χ3n) is 4.33. The highest BCUT2D eigenvalue weighted by molar-refractivity contribution is 6.10. The molecule has 0 amide bonds. The molecule has 0 saturated heterocycles. The Morgan fingerprint density at radius 3 is 2.23 bits per heavy atom. The fraction of sp³-hybridized carbons (Fsp3) is 0.409. The lowest BCUT2D eigenvalue weighted by Crippen LogP contribution is -2.03. The van der Waals surface area contributed by atoms with Crippen LogP contribution in [-0.2, 0) is 0 Å². The Bertz CT molecular complexity index is 692. The van der Waals surface area contributed by atoms with Gasteiger partial charge in [0, 0.05) is 11.6 Å². The number of phenols is 1. The smallest absolute Gasteiger partial charge is 0.196 e. The number of phenolic OH excluding ortho intramolecular Hbond substituents is 1. The third kappa shape index (κ3) is 5.80. The quantitative estimate of drug-likeness (QED) is 0.434. The van der Waals surface area contributed by atoms with Crippen molar-refractivity contribution in [2.24, 2.45) is 0 Å². The molecule has 0 aliphatic heterocycles. The van der Waals surface area contributed by atoms with Gasteiger partial charge in [0.15, 0.2) is 5.78 Å². The predicted molar refractivity (Wildman–Crippen MR) is 103 cm³/mol. The van der Waals surface area contributed by atoms with Gasteiger partial charge >= 0.3 is 0 Å². The van der Waals surface area contributed by atoms with Crippen molar-refractivity contribution in [2.75, 3.05) is 13.7 Å². The van der Waals surface area contributed by atoms with Crippen LogP contribution in [0.4, 0.5) is 0 Å². The molecule has 0 unspecified atom stereocenters. The van der Waals surface area contributed by atoms with Crippen LogP contribution in [0.1, 0.15) is 61.4 Å². The van der Waals surface area contributed by atoms with Crippen LogP contribution < -0.4 is 9.47 Å². The lowest BCUT2D eigenvalue weighted by Gasteiger charge is -2.09. The van der Waals surface area contributed by atoms with E-state index in [1.165, 1.54) is 31.7 Å². The number of aromatic hydroxyl groups is 1. The summed E-state index contributed by atoms with van der Waals surface area (Å²) in [7, 11) is 1.58. The maximum atomic E-state index is 12.5. The van der Waals surface area contributed by atoms with Gasteiger partial charge in [0.1, 0.15) is 17.2 Å². The second kappa shape index (κ2) is 10.5. The molecule has 26 heavy (non-hydrogen) atoms. The molecule has 0 aliphatic rings. The van der Waals surface area contributed by atoms with E-state index >= 15 is 0 Å². The summed E-state index contributed by atoms with van der Waals surface area (Å²) >= 11 is 0. The van der Waals surface area contributed by atoms with E-state index in [-0.39, 0.29) is 17.1 Å². The number of carbonyl (C=O) groups is 1. The fourth-order valence-corrected chi connectivity index (χ4v) is 2.76. The van der Waals surface area contributed by atoms with Crippen molar-refractivity contribution in [1.29, 1.82) is 0 Å². The van der Waals surface area contributed by atoms with Gasteiger partial charge in [-0.1, -0.05) is 39.0 Å². The highest BCUT2D eigenvalue weighted by Crippen LogP contribution is 2.26. The summed E-state index contributed by atoms with van der Waals surface area (Å²) in [6, 6.07) is 11.7. The van der Waals surface area contributed by atoms with Crippen LogP contribution in [0.3, 0.4) is 0 Å². The molecule has 4 heteroatoms. The molecule has 0 bridgehead atoms. The maximum absolute atomic E-state index is 12.5. The number of unbranched alkanes of at least 4 members (excludes halogenated alkanes) is 5. The Kier molecular flexibility index (Phi) is 8.00. The van der Waals surface area contributed by atoms with Crippen LogP contribution in [0.5, 0.6) is 17.2 Å². The number of hydrogen-bond acceptors (Lipinski definition) is 4. The Balaban J connectivity index is 1.88. The van der Waals surface area contributed by atoms with Crippen molar-refractivity contribution in [3.8, 4) is 17.2 Å². The van der Waals surface area contributed by atoms with Crippen LogP contribution in [0.25, 0.3) is 0 Å². The molecule has 0 heterocycles. The Morgan fingerprint density at radius 1 is 0.923 bits per heavy atom. The predicted octanol–water partition coefficient (Wildman–Crippen LogP) is 5.37. The van der Waals surface area contributed by atoms with Gasteiger partial charge < -0.3 is 14.6 Å². The molecular weight excluding hydrogens is 328 g/mol. The molecule has 0 fully saturated rings. The minimum atomic E-state index is -0.229. The second-order valence-corrected chi connectivity index (χ2v) is 6.35. The molecule has 0 radical (unpaired) electrons. The minimum absolute atomic E-state index is 0.0636. The molecule has 0 spiro atoms. The maximum Gasteiger partial charge on any atom is 0.196 e. The molecular formula is C22H28O4. The highest BCUT2D eigenvalue weighted by Gasteiger charge is 2.14. The van der Waals surface area contributed by atoms with E-state index in [1.54, 1.807) is 43.5 Å². The summed E-state index contributed by atoms with van der Waals surface area (Å²) in [5, 5.41) is 10.2. The lowest BCUT2D eigenvalue weighted by molar-refractivity contribution is 0.103. The minimum Gasteiger partial charge on any atom is -0.507 e. The number of benzene rings is 2.